The number of rotatable bonds is 6. The van der Waals surface area contributed by atoms with E-state index in [1.807, 2.05) is 0 Å². The van der Waals surface area contributed by atoms with E-state index < -0.39 is 95.5 Å². The van der Waals surface area contributed by atoms with Gasteiger partial charge < -0.3 is 69.9 Å². The van der Waals surface area contributed by atoms with Gasteiger partial charge in [0.2, 0.25) is 0 Å². The fourth-order valence-electron chi connectivity index (χ4n) is 5.44. The molecule has 0 aromatic carbocycles. The van der Waals surface area contributed by atoms with Crippen LogP contribution in [0.15, 0.2) is 0 Å². The zero-order valence-corrected chi connectivity index (χ0v) is 27.2. The molecule has 18 heteroatoms. The van der Waals surface area contributed by atoms with Crippen molar-refractivity contribution < 1.29 is 67.0 Å². The highest BCUT2D eigenvalue weighted by atomic mass is 16.8. The summed E-state index contributed by atoms with van der Waals surface area (Å²) < 4.78 is 45.4. The summed E-state index contributed by atoms with van der Waals surface area (Å²) in [5.74, 6) is -7.85. The fraction of sp³-hybridized carbons (Fsp3) is 0.821. The van der Waals surface area contributed by atoms with Crippen LogP contribution in [0.1, 0.15) is 55.4 Å². The molecule has 0 aliphatic carbocycles. The molecule has 8 atom stereocenters. The average molecular weight is 663 g/mol. The zero-order valence-electron chi connectivity index (χ0n) is 27.2. The lowest BCUT2D eigenvalue weighted by atomic mass is 9.99. The molecule has 4 rings (SSSR count). The first kappa shape index (κ1) is 37.6. The van der Waals surface area contributed by atoms with Crippen LogP contribution in [0.25, 0.3) is 0 Å². The Balaban J connectivity index is 0.000000250. The third-order valence-corrected chi connectivity index (χ3v) is 7.28. The van der Waals surface area contributed by atoms with Crippen LogP contribution < -0.4 is 22.1 Å². The summed E-state index contributed by atoms with van der Waals surface area (Å²) in [5, 5.41) is 14.4. The molecule has 4 aliphatic rings. The number of hydrogen-bond donors (Lipinski definition) is 5. The van der Waals surface area contributed by atoms with Crippen LogP contribution in [0.2, 0.25) is 0 Å². The second-order valence-corrected chi connectivity index (χ2v) is 13.0. The smallest absolute Gasteiger partial charge is 0.309 e. The topological polar surface area (TPSA) is 256 Å². The quantitative estimate of drug-likeness (QED) is 0.145. The van der Waals surface area contributed by atoms with Crippen LogP contribution in [0.4, 0.5) is 0 Å². The number of carbonyl (C=O) groups excluding carboxylic acids is 5. The van der Waals surface area contributed by atoms with E-state index in [2.05, 4.69) is 10.6 Å². The Morgan fingerprint density at radius 3 is 1.46 bits per heavy atom. The number of primary amides is 2. The van der Waals surface area contributed by atoms with Crippen LogP contribution in [0.5, 0.6) is 0 Å². The first-order valence-electron chi connectivity index (χ1n) is 14.7. The number of carbonyl (C=O) groups is 5. The first-order chi connectivity index (χ1) is 21.1. The van der Waals surface area contributed by atoms with Crippen molar-refractivity contribution in [1.29, 1.82) is 0 Å². The number of aldehydes is 1. The summed E-state index contributed by atoms with van der Waals surface area (Å²) in [5.41, 5.74) is 9.93. The van der Waals surface area contributed by atoms with Gasteiger partial charge in [-0.25, -0.2) is 0 Å². The molecule has 0 spiro atoms. The third kappa shape index (κ3) is 9.61. The molecule has 0 bridgehead atoms. The van der Waals surface area contributed by atoms with Gasteiger partial charge in [0.25, 0.3) is 0 Å². The molecule has 4 amide bonds. The van der Waals surface area contributed by atoms with Gasteiger partial charge in [0.15, 0.2) is 29.4 Å². The van der Waals surface area contributed by atoms with E-state index in [-0.39, 0.29) is 19.8 Å². The predicted octanol–water partition coefficient (Wildman–Crippen LogP) is -2.55. The van der Waals surface area contributed by atoms with Crippen LogP contribution >= 0.6 is 0 Å². The number of nitrogens with one attached hydrogen (secondary N) is 2. The van der Waals surface area contributed by atoms with E-state index >= 15 is 0 Å². The van der Waals surface area contributed by atoms with Gasteiger partial charge in [-0.2, -0.15) is 0 Å². The number of nitrogens with two attached hydrogens (primary N) is 2. The van der Waals surface area contributed by atoms with Crippen molar-refractivity contribution in [1.82, 2.24) is 10.6 Å². The van der Waals surface area contributed by atoms with Crippen molar-refractivity contribution in [2.75, 3.05) is 19.8 Å². The summed E-state index contributed by atoms with van der Waals surface area (Å²) in [6.45, 7) is 13.5. The van der Waals surface area contributed by atoms with Crippen LogP contribution in [-0.2, 0) is 61.9 Å². The summed E-state index contributed by atoms with van der Waals surface area (Å²) in [6.07, 6.45) is -3.70. The molecule has 0 radical (unpaired) electrons. The predicted molar refractivity (Wildman–Crippen MR) is 153 cm³/mol. The van der Waals surface area contributed by atoms with Crippen LogP contribution in [0.3, 0.4) is 0 Å². The Kier molecular flexibility index (Phi) is 11.6. The second kappa shape index (κ2) is 14.1. The number of aliphatic hydroxyl groups excluding tert-OH is 1. The lowest BCUT2D eigenvalue weighted by molar-refractivity contribution is -0.302. The van der Waals surface area contributed by atoms with E-state index in [9.17, 15) is 29.1 Å². The molecule has 262 valence electrons. The molecular weight excluding hydrogens is 616 g/mol. The van der Waals surface area contributed by atoms with Gasteiger partial charge in [-0.1, -0.05) is 0 Å². The Labute approximate surface area is 266 Å². The standard InChI is InChI=1S/C14H24N2O7.C14H22N2O7/c2*1-13(2)20-6-7(16-12(19)11(15)18)9(22-13)10-8(5-17)21-14(3,4)23-10/h7-10,17H,5-6H2,1-4H3,(H2,15,18)(H,16,19);5,7-10H,6H2,1-4H3,(H2,15,18)(H,16,19)/t2*7-,8-,9?,10-/m11/s1. The summed E-state index contributed by atoms with van der Waals surface area (Å²) in [4.78, 5) is 56.4. The van der Waals surface area contributed by atoms with E-state index in [1.165, 1.54) is 0 Å². The Morgan fingerprint density at radius 1 is 0.652 bits per heavy atom. The molecule has 2 unspecified atom stereocenters. The number of aliphatic hydroxyl groups is 1. The van der Waals surface area contributed by atoms with Gasteiger partial charge in [0.1, 0.15) is 36.6 Å². The van der Waals surface area contributed by atoms with Crippen molar-refractivity contribution in [3.05, 3.63) is 0 Å². The van der Waals surface area contributed by atoms with Crippen molar-refractivity contribution in [2.24, 2.45) is 11.5 Å². The van der Waals surface area contributed by atoms with Gasteiger partial charge >= 0.3 is 23.6 Å². The van der Waals surface area contributed by atoms with Crippen molar-refractivity contribution in [3.63, 3.8) is 0 Å². The molecule has 18 nitrogen and oxygen atoms in total. The number of hydrogen-bond acceptors (Lipinski definition) is 14. The minimum Gasteiger partial charge on any atom is -0.394 e. The lowest BCUT2D eigenvalue weighted by Crippen LogP contribution is -2.62. The van der Waals surface area contributed by atoms with E-state index in [4.69, 9.17) is 49.4 Å². The molecule has 4 saturated heterocycles. The highest BCUT2D eigenvalue weighted by Crippen LogP contribution is 2.36. The fourth-order valence-corrected chi connectivity index (χ4v) is 5.44. The normalized spacial score (nSPS) is 35.6. The molecule has 4 aliphatic heterocycles. The summed E-state index contributed by atoms with van der Waals surface area (Å²) >= 11 is 0. The number of ether oxygens (including phenoxy) is 8. The van der Waals surface area contributed by atoms with Gasteiger partial charge in [-0.05, 0) is 55.4 Å². The Bertz CT molecular complexity index is 1160. The Morgan fingerprint density at radius 2 is 1.04 bits per heavy atom. The third-order valence-electron chi connectivity index (χ3n) is 7.28. The molecule has 0 saturated carbocycles. The highest BCUT2D eigenvalue weighted by molar-refractivity contribution is 6.34. The maximum Gasteiger partial charge on any atom is 0.309 e. The molecular formula is C28H46N4O14. The minimum absolute atomic E-state index is 0.0720. The monoisotopic (exact) mass is 662 g/mol. The molecule has 46 heavy (non-hydrogen) atoms. The van der Waals surface area contributed by atoms with Gasteiger partial charge in [-0.15, -0.1) is 0 Å². The lowest BCUT2D eigenvalue weighted by Gasteiger charge is -2.43. The second-order valence-electron chi connectivity index (χ2n) is 13.0. The molecule has 0 aromatic rings. The zero-order chi connectivity index (χ0) is 34.8. The largest absolute Gasteiger partial charge is 0.394 e. The van der Waals surface area contributed by atoms with E-state index in [0.717, 1.165) is 0 Å². The van der Waals surface area contributed by atoms with E-state index in [1.54, 1.807) is 55.4 Å². The average Bonchev–Trinajstić information content (AvgIpc) is 3.44. The summed E-state index contributed by atoms with van der Waals surface area (Å²) in [6, 6.07) is -1.38. The maximum absolute atomic E-state index is 11.6. The highest BCUT2D eigenvalue weighted by Gasteiger charge is 2.53. The molecule has 7 N–H and O–H groups in total. The molecule has 0 aromatic heterocycles. The van der Waals surface area contributed by atoms with E-state index in [0.29, 0.717) is 6.29 Å². The van der Waals surface area contributed by atoms with Gasteiger partial charge in [0.05, 0.1) is 31.9 Å². The van der Waals surface area contributed by atoms with Crippen molar-refractivity contribution >= 4 is 29.9 Å². The number of amides is 4. The van der Waals surface area contributed by atoms with Crippen LogP contribution in [0, 0.1) is 0 Å². The SMILES string of the molecule is CC1(C)OC[C@@H](NC(=O)C(N)=O)C([C@@H]2OC(C)(C)O[C@@H]2C=O)O1.CC1(C)OC[C@@H](NC(=O)C(N)=O)C([C@@H]2OC(C)(C)O[C@@H]2CO)O1. The molecule has 4 fully saturated rings. The summed E-state index contributed by atoms with van der Waals surface area (Å²) in [7, 11) is 0. The first-order valence-corrected chi connectivity index (χ1v) is 14.7. The van der Waals surface area contributed by atoms with Crippen molar-refractivity contribution in [2.45, 2.75) is 127 Å². The van der Waals surface area contributed by atoms with Gasteiger partial charge in [-0.3, -0.25) is 19.2 Å². The Hall–Kier alpha value is -2.81. The van der Waals surface area contributed by atoms with Crippen LogP contribution in [-0.4, -0.2) is 127 Å². The van der Waals surface area contributed by atoms with Gasteiger partial charge in [0, 0.05) is 0 Å². The minimum atomic E-state index is -1.12. The molecule has 4 heterocycles. The maximum atomic E-state index is 11.6. The van der Waals surface area contributed by atoms with Crippen molar-refractivity contribution in [3.8, 4) is 0 Å².